The lowest BCUT2D eigenvalue weighted by molar-refractivity contribution is -0.390. The van der Waals surface area contributed by atoms with Crippen LogP contribution in [0.1, 0.15) is 18.6 Å². The van der Waals surface area contributed by atoms with Crippen LogP contribution >= 0.6 is 15.9 Å². The van der Waals surface area contributed by atoms with Crippen LogP contribution in [-0.4, -0.2) is 9.91 Å². The number of ether oxygens (including phenoxy) is 1. The maximum atomic E-state index is 13.7. The molecule has 1 heterocycles. The molecular weight excluding hydrogens is 350 g/mol. The number of nitro groups is 1. The van der Waals surface area contributed by atoms with Crippen LogP contribution in [0.25, 0.3) is 0 Å². The second kappa shape index (κ2) is 6.13. The molecule has 1 aromatic heterocycles. The highest BCUT2D eigenvalue weighted by molar-refractivity contribution is 9.10. The Morgan fingerprint density at radius 1 is 1.38 bits per heavy atom. The lowest BCUT2D eigenvalue weighted by atomic mass is 10.1. The minimum Gasteiger partial charge on any atom is -0.478 e. The second-order valence-corrected chi connectivity index (χ2v) is 5.04. The fraction of sp³-hybridized carbons (Fsp3) is 0.154. The maximum Gasteiger partial charge on any atom is 0.406 e. The number of benzene rings is 1. The summed E-state index contributed by atoms with van der Waals surface area (Å²) >= 11 is 3.11. The number of nitrogens with zero attached hydrogens (tertiary/aromatic N) is 2. The molecule has 0 fully saturated rings. The average Bonchev–Trinajstić information content (AvgIpc) is 2.38. The van der Waals surface area contributed by atoms with Gasteiger partial charge in [0.2, 0.25) is 5.75 Å². The molecule has 1 atom stereocenters. The Kier molecular flexibility index (Phi) is 4.46. The fourth-order valence-electron chi connectivity index (χ4n) is 1.79. The van der Waals surface area contributed by atoms with Crippen LogP contribution in [0.5, 0.6) is 5.75 Å². The van der Waals surface area contributed by atoms with Gasteiger partial charge >= 0.3 is 5.82 Å². The molecule has 0 spiro atoms. The molecular formula is C13H9BrF2N2O3. The second-order valence-electron chi connectivity index (χ2n) is 4.13. The summed E-state index contributed by atoms with van der Waals surface area (Å²) in [5.41, 5.74) is -0.299. The number of hydrogen-bond acceptors (Lipinski definition) is 4. The predicted molar refractivity (Wildman–Crippen MR) is 74.0 cm³/mol. The zero-order valence-electron chi connectivity index (χ0n) is 10.7. The van der Waals surface area contributed by atoms with Crippen LogP contribution in [0.3, 0.4) is 0 Å². The molecule has 2 rings (SSSR count). The highest BCUT2D eigenvalue weighted by Gasteiger charge is 2.23. The van der Waals surface area contributed by atoms with Crippen LogP contribution in [-0.2, 0) is 0 Å². The van der Waals surface area contributed by atoms with Crippen LogP contribution in [0.2, 0.25) is 0 Å². The van der Waals surface area contributed by atoms with Gasteiger partial charge in [-0.3, -0.25) is 0 Å². The van der Waals surface area contributed by atoms with Gasteiger partial charge in [-0.25, -0.2) is 8.78 Å². The molecule has 5 nitrogen and oxygen atoms in total. The SMILES string of the molecule is CC(Oc1cc(Br)cnc1[N+](=O)[O-])c1c(F)cccc1F. The van der Waals surface area contributed by atoms with Crippen molar-refractivity contribution in [1.29, 1.82) is 0 Å². The van der Waals surface area contributed by atoms with Gasteiger partial charge < -0.3 is 14.9 Å². The van der Waals surface area contributed by atoms with Gasteiger partial charge in [0.05, 0.1) is 10.0 Å². The van der Waals surface area contributed by atoms with Crippen LogP contribution in [0.15, 0.2) is 34.9 Å². The first-order valence-electron chi connectivity index (χ1n) is 5.80. The predicted octanol–water partition coefficient (Wildman–Crippen LogP) is 4.17. The summed E-state index contributed by atoms with van der Waals surface area (Å²) in [6.45, 7) is 1.39. The topological polar surface area (TPSA) is 65.3 Å². The first-order valence-corrected chi connectivity index (χ1v) is 6.60. The smallest absolute Gasteiger partial charge is 0.406 e. The van der Waals surface area contributed by atoms with Crippen LogP contribution in [0.4, 0.5) is 14.6 Å². The Balaban J connectivity index is 2.38. The Labute approximate surface area is 126 Å². The number of halogens is 3. The van der Waals surface area contributed by atoms with Crippen molar-refractivity contribution in [2.24, 2.45) is 0 Å². The maximum absolute atomic E-state index is 13.7. The van der Waals surface area contributed by atoms with Crippen molar-refractivity contribution >= 4 is 21.7 Å². The molecule has 0 amide bonds. The molecule has 110 valence electrons. The van der Waals surface area contributed by atoms with Gasteiger partial charge in [0.25, 0.3) is 0 Å². The van der Waals surface area contributed by atoms with E-state index in [-0.39, 0.29) is 11.3 Å². The molecule has 2 aromatic rings. The van der Waals surface area contributed by atoms with Gasteiger partial charge in [-0.1, -0.05) is 6.07 Å². The third kappa shape index (κ3) is 3.33. The van der Waals surface area contributed by atoms with E-state index < -0.39 is 28.5 Å². The van der Waals surface area contributed by atoms with E-state index in [0.717, 1.165) is 12.1 Å². The minimum absolute atomic E-state index is 0.176. The molecule has 0 radical (unpaired) electrons. The number of aromatic nitrogens is 1. The largest absolute Gasteiger partial charge is 0.478 e. The van der Waals surface area contributed by atoms with Crippen LogP contribution < -0.4 is 4.74 Å². The Bertz CT molecular complexity index is 677. The molecule has 1 aromatic carbocycles. The monoisotopic (exact) mass is 358 g/mol. The Hall–Kier alpha value is -2.09. The standard InChI is InChI=1S/C13H9BrF2N2O3/c1-7(12-9(15)3-2-4-10(12)16)21-11-5-8(14)6-17-13(11)18(19)20/h2-7H,1H3. The number of hydrogen-bond donors (Lipinski definition) is 0. The van der Waals surface area contributed by atoms with E-state index in [1.165, 1.54) is 25.3 Å². The summed E-state index contributed by atoms with van der Waals surface area (Å²) in [5.74, 6) is -2.27. The van der Waals surface area contributed by atoms with E-state index in [4.69, 9.17) is 4.74 Å². The fourth-order valence-corrected chi connectivity index (χ4v) is 2.10. The minimum atomic E-state index is -1.05. The van der Waals surface area contributed by atoms with Crippen molar-refractivity contribution in [3.8, 4) is 5.75 Å². The molecule has 0 bridgehead atoms. The molecule has 1 unspecified atom stereocenters. The normalized spacial score (nSPS) is 12.0. The van der Waals surface area contributed by atoms with Gasteiger partial charge in [0.1, 0.15) is 17.7 Å². The van der Waals surface area contributed by atoms with Gasteiger partial charge in [0, 0.05) is 6.07 Å². The number of pyridine rings is 1. The lowest BCUT2D eigenvalue weighted by Crippen LogP contribution is -2.09. The van der Waals surface area contributed by atoms with Crippen molar-refractivity contribution in [3.05, 3.63) is 62.2 Å². The summed E-state index contributed by atoms with van der Waals surface area (Å²) in [4.78, 5) is 13.8. The van der Waals surface area contributed by atoms with Gasteiger partial charge in [0.15, 0.2) is 6.20 Å². The van der Waals surface area contributed by atoms with E-state index in [9.17, 15) is 18.9 Å². The van der Waals surface area contributed by atoms with Crippen molar-refractivity contribution in [2.75, 3.05) is 0 Å². The van der Waals surface area contributed by atoms with E-state index in [0.29, 0.717) is 4.47 Å². The Morgan fingerprint density at radius 3 is 2.57 bits per heavy atom. The van der Waals surface area contributed by atoms with Crippen molar-refractivity contribution in [3.63, 3.8) is 0 Å². The van der Waals surface area contributed by atoms with E-state index in [1.54, 1.807) is 0 Å². The zero-order valence-corrected chi connectivity index (χ0v) is 12.3. The molecule has 21 heavy (non-hydrogen) atoms. The van der Waals surface area contributed by atoms with Crippen molar-refractivity contribution in [1.82, 2.24) is 4.98 Å². The first kappa shape index (κ1) is 15.3. The molecule has 8 heteroatoms. The first-order chi connectivity index (χ1) is 9.90. The molecule has 0 saturated heterocycles. The zero-order chi connectivity index (χ0) is 15.6. The molecule has 0 aliphatic rings. The third-order valence-corrected chi connectivity index (χ3v) is 3.12. The van der Waals surface area contributed by atoms with E-state index >= 15 is 0 Å². The van der Waals surface area contributed by atoms with E-state index in [1.807, 2.05) is 0 Å². The van der Waals surface area contributed by atoms with E-state index in [2.05, 4.69) is 20.9 Å². The van der Waals surface area contributed by atoms with Gasteiger partial charge in [-0.15, -0.1) is 0 Å². The van der Waals surface area contributed by atoms with Crippen molar-refractivity contribution in [2.45, 2.75) is 13.0 Å². The lowest BCUT2D eigenvalue weighted by Gasteiger charge is -2.16. The average molecular weight is 359 g/mol. The Morgan fingerprint density at radius 2 is 2.00 bits per heavy atom. The summed E-state index contributed by atoms with van der Waals surface area (Å²) in [5, 5.41) is 10.9. The van der Waals surface area contributed by atoms with Gasteiger partial charge in [-0.05, 0) is 44.9 Å². The summed E-state index contributed by atoms with van der Waals surface area (Å²) in [7, 11) is 0. The highest BCUT2D eigenvalue weighted by Crippen LogP contribution is 2.32. The highest BCUT2D eigenvalue weighted by atomic mass is 79.9. The molecule has 0 aliphatic carbocycles. The van der Waals surface area contributed by atoms with Gasteiger partial charge in [-0.2, -0.15) is 0 Å². The molecule has 0 aliphatic heterocycles. The quantitative estimate of drug-likeness (QED) is 0.607. The van der Waals surface area contributed by atoms with Crippen molar-refractivity contribution < 1.29 is 18.4 Å². The summed E-state index contributed by atoms with van der Waals surface area (Å²) in [6, 6.07) is 4.72. The third-order valence-electron chi connectivity index (χ3n) is 2.68. The number of rotatable bonds is 4. The summed E-state index contributed by atoms with van der Waals surface area (Å²) in [6.07, 6.45) is 0.181. The molecule has 0 saturated carbocycles. The molecule has 0 N–H and O–H groups in total. The summed E-state index contributed by atoms with van der Waals surface area (Å²) < 4.78 is 33.1. The van der Waals surface area contributed by atoms with Crippen LogP contribution in [0, 0.1) is 21.7 Å².